The lowest BCUT2D eigenvalue weighted by molar-refractivity contribution is -0.123. The van der Waals surface area contributed by atoms with Gasteiger partial charge in [-0.2, -0.15) is 8.42 Å². The van der Waals surface area contributed by atoms with Crippen LogP contribution in [0.4, 0.5) is 5.69 Å². The first-order valence-electron chi connectivity index (χ1n) is 9.81. The topological polar surface area (TPSA) is 106 Å². The minimum atomic E-state index is -3.75. The van der Waals surface area contributed by atoms with Crippen LogP contribution in [0.5, 0.6) is 11.5 Å². The molecule has 1 amide bonds. The first kappa shape index (κ1) is 22.6. The summed E-state index contributed by atoms with van der Waals surface area (Å²) in [5, 5.41) is 5.98. The number of amides is 1. The molecule has 0 aliphatic carbocycles. The van der Waals surface area contributed by atoms with Gasteiger partial charge in [0.05, 0.1) is 19.9 Å². The maximum atomic E-state index is 12.5. The number of para-hydroxylation sites is 1. The number of ether oxygens (including phenoxy) is 2. The smallest absolute Gasteiger partial charge is 0.286 e. The highest BCUT2D eigenvalue weighted by molar-refractivity contribution is 7.90. The summed E-state index contributed by atoms with van der Waals surface area (Å²) in [6, 6.07) is 12.1. The first-order valence-corrected chi connectivity index (χ1v) is 11.2. The summed E-state index contributed by atoms with van der Waals surface area (Å²) < 4.78 is 39.2. The highest BCUT2D eigenvalue weighted by atomic mass is 32.2. The minimum Gasteiger partial charge on any atom is -0.493 e. The molecule has 9 heteroatoms. The van der Waals surface area contributed by atoms with Crippen molar-refractivity contribution in [1.29, 1.82) is 0 Å². The van der Waals surface area contributed by atoms with Crippen LogP contribution in [-0.2, 0) is 21.4 Å². The molecule has 166 valence electrons. The zero-order valence-corrected chi connectivity index (χ0v) is 18.9. The normalized spacial score (nSPS) is 14.6. The van der Waals surface area contributed by atoms with Crippen LogP contribution in [0.2, 0.25) is 0 Å². The van der Waals surface area contributed by atoms with E-state index >= 15 is 0 Å². The lowest BCUT2D eigenvalue weighted by atomic mass is 9.84. The number of nitrogens with one attached hydrogen (secondary N) is 2. The van der Waals surface area contributed by atoms with E-state index in [1.165, 1.54) is 6.07 Å². The van der Waals surface area contributed by atoms with E-state index in [1.54, 1.807) is 38.5 Å². The Hall–Kier alpha value is -3.07. The van der Waals surface area contributed by atoms with E-state index in [2.05, 4.69) is 15.0 Å². The predicted octanol–water partition coefficient (Wildman–Crippen LogP) is 3.34. The maximum absolute atomic E-state index is 12.5. The van der Waals surface area contributed by atoms with Gasteiger partial charge in [0.15, 0.2) is 11.5 Å². The number of methoxy groups -OCH3 is 2. The molecule has 8 nitrogen and oxygen atoms in total. The van der Waals surface area contributed by atoms with Crippen LogP contribution in [-0.4, -0.2) is 34.4 Å². The molecule has 0 fully saturated rings. The fourth-order valence-corrected chi connectivity index (χ4v) is 4.59. The number of hydrogen-bond donors (Lipinski definition) is 2. The SMILES string of the molecule is COc1ccc(CNC(=O)CC(C)(C)CC2=NS(=O)(=O)c3ccccc3N2)cc1OC. The molecule has 1 heterocycles. The molecule has 1 aliphatic rings. The van der Waals surface area contributed by atoms with Gasteiger partial charge in [0, 0.05) is 19.4 Å². The highest BCUT2D eigenvalue weighted by Gasteiger charge is 2.30. The van der Waals surface area contributed by atoms with Crippen molar-refractivity contribution >= 4 is 27.5 Å². The van der Waals surface area contributed by atoms with Gasteiger partial charge < -0.3 is 20.1 Å². The number of rotatable bonds is 8. The quantitative estimate of drug-likeness (QED) is 0.646. The van der Waals surface area contributed by atoms with Gasteiger partial charge in [-0.05, 0) is 35.2 Å². The predicted molar refractivity (Wildman–Crippen MR) is 119 cm³/mol. The monoisotopic (exact) mass is 445 g/mol. The number of hydrogen-bond acceptors (Lipinski definition) is 6. The number of nitrogens with zero attached hydrogens (tertiary/aromatic N) is 1. The van der Waals surface area contributed by atoms with Gasteiger partial charge in [-0.1, -0.05) is 32.0 Å². The third kappa shape index (κ3) is 5.55. The van der Waals surface area contributed by atoms with Crippen LogP contribution in [0.1, 0.15) is 32.3 Å². The van der Waals surface area contributed by atoms with E-state index in [-0.39, 0.29) is 17.2 Å². The molecule has 0 saturated heterocycles. The molecule has 0 atom stereocenters. The van der Waals surface area contributed by atoms with E-state index in [4.69, 9.17) is 9.47 Å². The number of benzene rings is 2. The second-order valence-electron chi connectivity index (χ2n) is 8.12. The van der Waals surface area contributed by atoms with Crippen LogP contribution >= 0.6 is 0 Å². The Morgan fingerprint density at radius 3 is 2.52 bits per heavy atom. The number of amidine groups is 1. The molecule has 2 N–H and O–H groups in total. The summed E-state index contributed by atoms with van der Waals surface area (Å²) in [7, 11) is -0.623. The molecule has 1 aliphatic heterocycles. The average Bonchev–Trinajstić information content (AvgIpc) is 2.70. The van der Waals surface area contributed by atoms with Crippen LogP contribution < -0.4 is 20.1 Å². The van der Waals surface area contributed by atoms with Crippen molar-refractivity contribution in [2.24, 2.45) is 9.81 Å². The summed E-state index contributed by atoms with van der Waals surface area (Å²) >= 11 is 0. The third-order valence-corrected chi connectivity index (χ3v) is 6.27. The van der Waals surface area contributed by atoms with Crippen molar-refractivity contribution in [3.05, 3.63) is 48.0 Å². The van der Waals surface area contributed by atoms with E-state index in [0.29, 0.717) is 36.0 Å². The van der Waals surface area contributed by atoms with Crippen LogP contribution in [0.3, 0.4) is 0 Å². The number of fused-ring (bicyclic) bond motifs is 1. The lowest BCUT2D eigenvalue weighted by Gasteiger charge is -2.27. The Labute approximate surface area is 182 Å². The summed E-state index contributed by atoms with van der Waals surface area (Å²) in [4.78, 5) is 12.7. The van der Waals surface area contributed by atoms with Crippen molar-refractivity contribution in [2.45, 2.75) is 38.1 Å². The Morgan fingerprint density at radius 1 is 1.10 bits per heavy atom. The molecule has 0 aromatic heterocycles. The molecule has 2 aromatic rings. The van der Waals surface area contributed by atoms with Crippen molar-refractivity contribution in [3.63, 3.8) is 0 Å². The van der Waals surface area contributed by atoms with Crippen molar-refractivity contribution in [3.8, 4) is 11.5 Å². The van der Waals surface area contributed by atoms with E-state index in [1.807, 2.05) is 26.0 Å². The standard InChI is InChI=1S/C22H27N3O5S/c1-22(2,12-20-24-16-7-5-6-8-19(16)31(27,28)25-20)13-21(26)23-14-15-9-10-17(29-3)18(11-15)30-4/h5-11H,12-14H2,1-4H3,(H,23,26)(H,24,25). The van der Waals surface area contributed by atoms with Crippen LogP contribution in [0.15, 0.2) is 51.8 Å². The summed E-state index contributed by atoms with van der Waals surface area (Å²) in [6.07, 6.45) is 0.521. The molecule has 3 rings (SSSR count). The fourth-order valence-electron chi connectivity index (χ4n) is 3.45. The molecule has 0 spiro atoms. The zero-order valence-electron chi connectivity index (χ0n) is 18.1. The third-order valence-electron chi connectivity index (χ3n) is 4.90. The second kappa shape index (κ2) is 8.97. The van der Waals surface area contributed by atoms with E-state index < -0.39 is 15.4 Å². The van der Waals surface area contributed by atoms with Gasteiger partial charge in [-0.3, -0.25) is 4.79 Å². The van der Waals surface area contributed by atoms with Crippen LogP contribution in [0.25, 0.3) is 0 Å². The Balaban J connectivity index is 1.61. The molecule has 31 heavy (non-hydrogen) atoms. The number of carbonyl (C=O) groups is 1. The Kier molecular flexibility index (Phi) is 6.54. The van der Waals surface area contributed by atoms with E-state index in [9.17, 15) is 13.2 Å². The van der Waals surface area contributed by atoms with Gasteiger partial charge in [0.25, 0.3) is 10.0 Å². The second-order valence-corrected chi connectivity index (χ2v) is 9.69. The van der Waals surface area contributed by atoms with Crippen molar-refractivity contribution in [1.82, 2.24) is 5.32 Å². The molecule has 0 bridgehead atoms. The van der Waals surface area contributed by atoms with Crippen LogP contribution in [0, 0.1) is 5.41 Å². The Morgan fingerprint density at radius 2 is 1.81 bits per heavy atom. The first-order chi connectivity index (χ1) is 14.6. The van der Waals surface area contributed by atoms with Gasteiger partial charge in [0.2, 0.25) is 5.91 Å². The highest BCUT2D eigenvalue weighted by Crippen LogP contribution is 2.32. The molecule has 0 saturated carbocycles. The Bertz CT molecular complexity index is 1110. The number of anilines is 1. The molecular weight excluding hydrogens is 418 g/mol. The van der Waals surface area contributed by atoms with Gasteiger partial charge in [0.1, 0.15) is 10.7 Å². The molecule has 2 aromatic carbocycles. The van der Waals surface area contributed by atoms with Crippen molar-refractivity contribution < 1.29 is 22.7 Å². The van der Waals surface area contributed by atoms with Gasteiger partial charge >= 0.3 is 0 Å². The van der Waals surface area contributed by atoms with E-state index in [0.717, 1.165) is 5.56 Å². The summed E-state index contributed by atoms with van der Waals surface area (Å²) in [6.45, 7) is 4.15. The average molecular weight is 446 g/mol. The summed E-state index contributed by atoms with van der Waals surface area (Å²) in [5.41, 5.74) is 0.876. The largest absolute Gasteiger partial charge is 0.493 e. The lowest BCUT2D eigenvalue weighted by Crippen LogP contribution is -2.32. The zero-order chi connectivity index (χ0) is 22.6. The maximum Gasteiger partial charge on any atom is 0.286 e. The number of carbonyl (C=O) groups excluding carboxylic acids is 1. The minimum absolute atomic E-state index is 0.139. The fraction of sp³-hybridized carbons (Fsp3) is 0.364. The van der Waals surface area contributed by atoms with Crippen molar-refractivity contribution in [2.75, 3.05) is 19.5 Å². The van der Waals surface area contributed by atoms with Gasteiger partial charge in [-0.15, -0.1) is 4.40 Å². The van der Waals surface area contributed by atoms with Gasteiger partial charge in [-0.25, -0.2) is 0 Å². The number of sulfonamides is 1. The molecular formula is C22H27N3O5S. The molecule has 0 radical (unpaired) electrons. The molecule has 0 unspecified atom stereocenters. The summed E-state index contributed by atoms with van der Waals surface area (Å²) in [5.74, 6) is 1.41.